The normalized spacial score (nSPS) is 10.0. The Balaban J connectivity index is 2.73. The molecule has 0 saturated carbocycles. The molecule has 2 aromatic carbocycles. The molecule has 17 heavy (non-hydrogen) atoms. The lowest BCUT2D eigenvalue weighted by Crippen LogP contribution is -1.88. The monoisotopic (exact) mass is 265 g/mol. The van der Waals surface area contributed by atoms with Gasteiger partial charge in [0, 0.05) is 21.2 Å². The fraction of sp³-hybridized carbons (Fsp3) is 0. The Morgan fingerprint density at radius 2 is 1.71 bits per heavy atom. The molecule has 1 nitrogen and oxygen atoms in total. The van der Waals surface area contributed by atoms with Gasteiger partial charge >= 0.3 is 0 Å². The van der Waals surface area contributed by atoms with E-state index in [0.29, 0.717) is 21.2 Å². The molecule has 0 spiro atoms. The van der Waals surface area contributed by atoms with E-state index in [2.05, 4.69) is 0 Å². The zero-order valence-corrected chi connectivity index (χ0v) is 10.1. The summed E-state index contributed by atoms with van der Waals surface area (Å²) in [6, 6.07) is 11.0. The third kappa shape index (κ3) is 2.26. The van der Waals surface area contributed by atoms with E-state index >= 15 is 0 Å². The van der Waals surface area contributed by atoms with E-state index in [0.717, 1.165) is 0 Å². The number of benzene rings is 2. The Morgan fingerprint density at radius 1 is 1.06 bits per heavy atom. The van der Waals surface area contributed by atoms with Crippen LogP contribution in [0.25, 0.3) is 11.1 Å². The van der Waals surface area contributed by atoms with Gasteiger partial charge in [0.05, 0.1) is 11.6 Å². The van der Waals surface area contributed by atoms with Gasteiger partial charge in [0.2, 0.25) is 0 Å². The first-order valence-corrected chi connectivity index (χ1v) is 5.53. The molecular formula is C13H6Cl2FN. The van der Waals surface area contributed by atoms with Crippen LogP contribution in [0.15, 0.2) is 36.4 Å². The van der Waals surface area contributed by atoms with Crippen molar-refractivity contribution in [1.29, 1.82) is 5.26 Å². The van der Waals surface area contributed by atoms with Crippen LogP contribution in [-0.2, 0) is 0 Å². The summed E-state index contributed by atoms with van der Waals surface area (Å²) in [5.74, 6) is -0.459. The lowest BCUT2D eigenvalue weighted by Gasteiger charge is -2.08. The van der Waals surface area contributed by atoms with Crippen molar-refractivity contribution in [2.24, 2.45) is 0 Å². The summed E-state index contributed by atoms with van der Waals surface area (Å²) in [6.45, 7) is 0. The average molecular weight is 266 g/mol. The highest BCUT2D eigenvalue weighted by atomic mass is 35.5. The van der Waals surface area contributed by atoms with Gasteiger partial charge in [-0.15, -0.1) is 0 Å². The maximum absolute atomic E-state index is 13.7. The van der Waals surface area contributed by atoms with Gasteiger partial charge in [0.25, 0.3) is 0 Å². The molecule has 84 valence electrons. The van der Waals surface area contributed by atoms with Crippen LogP contribution in [0.3, 0.4) is 0 Å². The van der Waals surface area contributed by atoms with Crippen LogP contribution < -0.4 is 0 Å². The van der Waals surface area contributed by atoms with E-state index < -0.39 is 5.82 Å². The topological polar surface area (TPSA) is 23.8 Å². The van der Waals surface area contributed by atoms with Crippen molar-refractivity contribution in [3.05, 3.63) is 57.8 Å². The summed E-state index contributed by atoms with van der Waals surface area (Å²) in [5, 5.41) is 9.51. The van der Waals surface area contributed by atoms with Gasteiger partial charge in [0.15, 0.2) is 0 Å². The van der Waals surface area contributed by atoms with Crippen molar-refractivity contribution < 1.29 is 4.39 Å². The van der Waals surface area contributed by atoms with Crippen molar-refractivity contribution in [2.45, 2.75) is 0 Å². The molecule has 0 heterocycles. The van der Waals surface area contributed by atoms with Gasteiger partial charge in [-0.25, -0.2) is 4.39 Å². The largest absolute Gasteiger partial charge is 0.206 e. The van der Waals surface area contributed by atoms with Crippen molar-refractivity contribution in [1.82, 2.24) is 0 Å². The van der Waals surface area contributed by atoms with Gasteiger partial charge < -0.3 is 0 Å². The van der Waals surface area contributed by atoms with Gasteiger partial charge in [-0.2, -0.15) is 5.26 Å². The highest BCUT2D eigenvalue weighted by Crippen LogP contribution is 2.36. The Kier molecular flexibility index (Phi) is 3.33. The molecule has 0 aliphatic rings. The van der Waals surface area contributed by atoms with Gasteiger partial charge in [-0.3, -0.25) is 0 Å². The van der Waals surface area contributed by atoms with Crippen molar-refractivity contribution in [3.8, 4) is 17.2 Å². The molecule has 0 radical (unpaired) electrons. The molecule has 0 aromatic heterocycles. The maximum atomic E-state index is 13.7. The number of rotatable bonds is 1. The van der Waals surface area contributed by atoms with Gasteiger partial charge in [-0.05, 0) is 30.3 Å². The van der Waals surface area contributed by atoms with Crippen LogP contribution in [0.4, 0.5) is 4.39 Å². The van der Waals surface area contributed by atoms with Crippen LogP contribution in [-0.4, -0.2) is 0 Å². The number of halogens is 3. The minimum absolute atomic E-state index is 0.236. The molecule has 0 aliphatic heterocycles. The molecule has 0 N–H and O–H groups in total. The summed E-state index contributed by atoms with van der Waals surface area (Å²) in [6.07, 6.45) is 0. The summed E-state index contributed by atoms with van der Waals surface area (Å²) < 4.78 is 13.7. The second kappa shape index (κ2) is 4.75. The molecule has 0 unspecified atom stereocenters. The number of nitrogens with zero attached hydrogens (tertiary/aromatic N) is 1. The van der Waals surface area contributed by atoms with Crippen LogP contribution >= 0.6 is 23.2 Å². The first kappa shape index (κ1) is 11.9. The summed E-state index contributed by atoms with van der Waals surface area (Å²) >= 11 is 12.0. The number of hydrogen-bond acceptors (Lipinski definition) is 1. The molecule has 0 amide bonds. The van der Waals surface area contributed by atoms with Crippen LogP contribution in [0.1, 0.15) is 5.56 Å². The van der Waals surface area contributed by atoms with Gasteiger partial charge in [0.1, 0.15) is 5.82 Å². The third-order valence-electron chi connectivity index (χ3n) is 2.33. The first-order chi connectivity index (χ1) is 8.13. The lowest BCUT2D eigenvalue weighted by molar-refractivity contribution is 0.631. The van der Waals surface area contributed by atoms with Crippen molar-refractivity contribution in [3.63, 3.8) is 0 Å². The van der Waals surface area contributed by atoms with Crippen molar-refractivity contribution in [2.75, 3.05) is 0 Å². The van der Waals surface area contributed by atoms with Crippen LogP contribution in [0, 0.1) is 17.1 Å². The predicted molar refractivity (Wildman–Crippen MR) is 66.6 cm³/mol. The standard InChI is InChI=1S/C13H6Cl2FN/c14-10-2-1-3-11(15)13(10)9-6-8(7-17)4-5-12(9)16/h1-6H. The number of nitriles is 1. The molecule has 0 fully saturated rings. The van der Waals surface area contributed by atoms with E-state index in [1.807, 2.05) is 6.07 Å². The minimum Gasteiger partial charge on any atom is -0.206 e. The first-order valence-electron chi connectivity index (χ1n) is 4.77. The zero-order chi connectivity index (χ0) is 12.4. The molecule has 0 bridgehead atoms. The average Bonchev–Trinajstić information content (AvgIpc) is 2.31. The second-order valence-electron chi connectivity index (χ2n) is 3.40. The Labute approximate surface area is 108 Å². The van der Waals surface area contributed by atoms with Crippen molar-refractivity contribution >= 4 is 23.2 Å². The second-order valence-corrected chi connectivity index (χ2v) is 4.22. The highest BCUT2D eigenvalue weighted by molar-refractivity contribution is 6.39. The van der Waals surface area contributed by atoms with Gasteiger partial charge in [-0.1, -0.05) is 29.3 Å². The maximum Gasteiger partial charge on any atom is 0.131 e. The smallest absolute Gasteiger partial charge is 0.131 e. The van der Waals surface area contributed by atoms with E-state index in [1.54, 1.807) is 18.2 Å². The molecule has 0 aliphatic carbocycles. The Hall–Kier alpha value is -1.56. The molecule has 0 atom stereocenters. The molecule has 2 aromatic rings. The van der Waals surface area contributed by atoms with Crippen LogP contribution in [0.2, 0.25) is 10.0 Å². The summed E-state index contributed by atoms with van der Waals surface area (Å²) in [5.41, 5.74) is 1.00. The van der Waals surface area contributed by atoms with E-state index in [9.17, 15) is 4.39 Å². The fourth-order valence-electron chi connectivity index (χ4n) is 1.54. The summed E-state index contributed by atoms with van der Waals surface area (Å²) in [4.78, 5) is 0. The van der Waals surface area contributed by atoms with E-state index in [1.165, 1.54) is 18.2 Å². The summed E-state index contributed by atoms with van der Waals surface area (Å²) in [7, 11) is 0. The minimum atomic E-state index is -0.459. The van der Waals surface area contributed by atoms with Crippen LogP contribution in [0.5, 0.6) is 0 Å². The molecule has 0 saturated heterocycles. The Bertz CT molecular complexity index is 597. The van der Waals surface area contributed by atoms with E-state index in [-0.39, 0.29) is 5.56 Å². The van der Waals surface area contributed by atoms with E-state index in [4.69, 9.17) is 28.5 Å². The quantitative estimate of drug-likeness (QED) is 0.735. The number of hydrogen-bond donors (Lipinski definition) is 0. The molecule has 4 heteroatoms. The predicted octanol–water partition coefficient (Wildman–Crippen LogP) is 4.67. The zero-order valence-electron chi connectivity index (χ0n) is 8.55. The lowest BCUT2D eigenvalue weighted by atomic mass is 10.0. The Morgan fingerprint density at radius 3 is 2.29 bits per heavy atom. The molecular weight excluding hydrogens is 260 g/mol. The highest BCUT2D eigenvalue weighted by Gasteiger charge is 2.13. The third-order valence-corrected chi connectivity index (χ3v) is 2.96. The SMILES string of the molecule is N#Cc1ccc(F)c(-c2c(Cl)cccc2Cl)c1. The molecule has 2 rings (SSSR count). The fourth-order valence-corrected chi connectivity index (χ4v) is 2.14.